The van der Waals surface area contributed by atoms with E-state index in [1.807, 2.05) is 0 Å². The van der Waals surface area contributed by atoms with Crippen LogP contribution in [0.25, 0.3) is 0 Å². The second-order valence-electron chi connectivity index (χ2n) is 4.35. The minimum Gasteiger partial charge on any atom is -0.311 e. The van der Waals surface area contributed by atoms with Gasteiger partial charge in [-0.3, -0.25) is 0 Å². The number of nitrogens with zero attached hydrogens (tertiary/aromatic N) is 1. The van der Waals surface area contributed by atoms with Gasteiger partial charge in [0.1, 0.15) is 0 Å². The van der Waals surface area contributed by atoms with Crippen LogP contribution in [-0.2, 0) is 6.54 Å². The van der Waals surface area contributed by atoms with Gasteiger partial charge in [-0.15, -0.1) is 0 Å². The van der Waals surface area contributed by atoms with Crippen LogP contribution < -0.4 is 5.32 Å². The standard InChI is InChI=1S/C13H19IN2/c14-13-5-3-12(4-6-13)11-15-7-10-16-8-1-2-9-16/h3-6,15H,1-2,7-11H2. The lowest BCUT2D eigenvalue weighted by Gasteiger charge is -2.14. The molecule has 0 amide bonds. The molecule has 1 aliphatic heterocycles. The van der Waals surface area contributed by atoms with Crippen LogP contribution in [-0.4, -0.2) is 31.1 Å². The second-order valence-corrected chi connectivity index (χ2v) is 5.60. The van der Waals surface area contributed by atoms with Crippen molar-refractivity contribution >= 4 is 22.6 Å². The molecule has 2 nitrogen and oxygen atoms in total. The summed E-state index contributed by atoms with van der Waals surface area (Å²) in [6.07, 6.45) is 2.77. The Morgan fingerprint density at radius 1 is 1.12 bits per heavy atom. The highest BCUT2D eigenvalue weighted by Crippen LogP contribution is 2.07. The SMILES string of the molecule is Ic1ccc(CNCCN2CCCC2)cc1. The first-order valence-electron chi connectivity index (χ1n) is 6.02. The molecule has 0 aromatic heterocycles. The quantitative estimate of drug-likeness (QED) is 0.659. The fourth-order valence-corrected chi connectivity index (χ4v) is 2.44. The van der Waals surface area contributed by atoms with E-state index in [4.69, 9.17) is 0 Å². The molecule has 0 atom stereocenters. The van der Waals surface area contributed by atoms with Gasteiger partial charge in [0.2, 0.25) is 0 Å². The molecular weight excluding hydrogens is 311 g/mol. The largest absolute Gasteiger partial charge is 0.311 e. The van der Waals surface area contributed by atoms with Gasteiger partial charge >= 0.3 is 0 Å². The lowest BCUT2D eigenvalue weighted by atomic mass is 10.2. The van der Waals surface area contributed by atoms with Crippen molar-refractivity contribution < 1.29 is 0 Å². The number of benzene rings is 1. The highest BCUT2D eigenvalue weighted by Gasteiger charge is 2.09. The Labute approximate surface area is 112 Å². The third kappa shape index (κ3) is 4.03. The summed E-state index contributed by atoms with van der Waals surface area (Å²) in [5.41, 5.74) is 1.38. The van der Waals surface area contributed by atoms with Crippen molar-refractivity contribution in [3.63, 3.8) is 0 Å². The minimum atomic E-state index is 0.991. The van der Waals surface area contributed by atoms with Gasteiger partial charge in [0.15, 0.2) is 0 Å². The molecule has 1 fully saturated rings. The van der Waals surface area contributed by atoms with Crippen molar-refractivity contribution in [2.75, 3.05) is 26.2 Å². The van der Waals surface area contributed by atoms with E-state index in [0.29, 0.717) is 0 Å². The summed E-state index contributed by atoms with van der Waals surface area (Å²) >= 11 is 2.34. The zero-order valence-electron chi connectivity index (χ0n) is 9.58. The molecule has 1 heterocycles. The van der Waals surface area contributed by atoms with Crippen molar-refractivity contribution in [2.24, 2.45) is 0 Å². The average Bonchev–Trinajstić information content (AvgIpc) is 2.80. The van der Waals surface area contributed by atoms with E-state index in [2.05, 4.69) is 57.1 Å². The fraction of sp³-hybridized carbons (Fsp3) is 0.538. The van der Waals surface area contributed by atoms with Crippen molar-refractivity contribution in [3.8, 4) is 0 Å². The van der Waals surface area contributed by atoms with Crippen LogP contribution in [0.4, 0.5) is 0 Å². The van der Waals surface area contributed by atoms with Gasteiger partial charge in [0, 0.05) is 23.2 Å². The van der Waals surface area contributed by atoms with E-state index in [9.17, 15) is 0 Å². The lowest BCUT2D eigenvalue weighted by molar-refractivity contribution is 0.335. The van der Waals surface area contributed by atoms with Gasteiger partial charge in [-0.25, -0.2) is 0 Å². The molecule has 1 aliphatic rings. The van der Waals surface area contributed by atoms with Crippen LogP contribution in [0.2, 0.25) is 0 Å². The monoisotopic (exact) mass is 330 g/mol. The maximum absolute atomic E-state index is 3.50. The highest BCUT2D eigenvalue weighted by atomic mass is 127. The van der Waals surface area contributed by atoms with Gasteiger partial charge in [0.05, 0.1) is 0 Å². The van der Waals surface area contributed by atoms with Gasteiger partial charge < -0.3 is 10.2 Å². The summed E-state index contributed by atoms with van der Waals surface area (Å²) in [5, 5.41) is 3.50. The Bertz CT molecular complexity index is 304. The third-order valence-corrected chi connectivity index (χ3v) is 3.77. The van der Waals surface area contributed by atoms with Gasteiger partial charge in [-0.05, 0) is 66.2 Å². The Morgan fingerprint density at radius 3 is 2.50 bits per heavy atom. The molecule has 1 aromatic rings. The van der Waals surface area contributed by atoms with E-state index in [1.165, 1.54) is 41.6 Å². The lowest BCUT2D eigenvalue weighted by Crippen LogP contribution is -2.29. The number of rotatable bonds is 5. The zero-order valence-corrected chi connectivity index (χ0v) is 11.7. The average molecular weight is 330 g/mol. The van der Waals surface area contributed by atoms with E-state index in [0.717, 1.165) is 13.1 Å². The summed E-state index contributed by atoms with van der Waals surface area (Å²) in [5.74, 6) is 0. The molecular formula is C13H19IN2. The Hall–Kier alpha value is -0.130. The van der Waals surface area contributed by atoms with E-state index >= 15 is 0 Å². The Balaban J connectivity index is 1.62. The molecule has 2 rings (SSSR count). The molecule has 0 unspecified atom stereocenters. The van der Waals surface area contributed by atoms with Crippen LogP contribution in [0.5, 0.6) is 0 Å². The molecule has 0 saturated carbocycles. The Morgan fingerprint density at radius 2 is 1.81 bits per heavy atom. The maximum Gasteiger partial charge on any atom is 0.0206 e. The van der Waals surface area contributed by atoms with E-state index < -0.39 is 0 Å². The topological polar surface area (TPSA) is 15.3 Å². The number of halogens is 1. The summed E-state index contributed by atoms with van der Waals surface area (Å²) in [6, 6.07) is 8.73. The van der Waals surface area contributed by atoms with Crippen molar-refractivity contribution in [1.82, 2.24) is 10.2 Å². The predicted molar refractivity (Wildman–Crippen MR) is 76.5 cm³/mol. The second kappa shape index (κ2) is 6.57. The predicted octanol–water partition coefficient (Wildman–Crippen LogP) is 2.48. The van der Waals surface area contributed by atoms with Gasteiger partial charge in [0.25, 0.3) is 0 Å². The van der Waals surface area contributed by atoms with E-state index in [-0.39, 0.29) is 0 Å². The van der Waals surface area contributed by atoms with E-state index in [1.54, 1.807) is 0 Å². The summed E-state index contributed by atoms with van der Waals surface area (Å²) in [7, 11) is 0. The number of likely N-dealkylation sites (tertiary alicyclic amines) is 1. The van der Waals surface area contributed by atoms with Crippen molar-refractivity contribution in [1.29, 1.82) is 0 Å². The van der Waals surface area contributed by atoms with Crippen molar-refractivity contribution in [3.05, 3.63) is 33.4 Å². The molecule has 0 aliphatic carbocycles. The molecule has 3 heteroatoms. The number of hydrogen-bond acceptors (Lipinski definition) is 2. The van der Waals surface area contributed by atoms with Gasteiger partial charge in [-0.1, -0.05) is 12.1 Å². The minimum absolute atomic E-state index is 0.991. The van der Waals surface area contributed by atoms with Crippen LogP contribution in [0.1, 0.15) is 18.4 Å². The first kappa shape index (κ1) is 12.3. The number of hydrogen-bond donors (Lipinski definition) is 1. The smallest absolute Gasteiger partial charge is 0.0206 e. The van der Waals surface area contributed by atoms with Crippen LogP contribution in [0, 0.1) is 3.57 Å². The summed E-state index contributed by atoms with van der Waals surface area (Å²) < 4.78 is 1.30. The molecule has 1 saturated heterocycles. The maximum atomic E-state index is 3.50. The van der Waals surface area contributed by atoms with Crippen molar-refractivity contribution in [2.45, 2.75) is 19.4 Å². The highest BCUT2D eigenvalue weighted by molar-refractivity contribution is 14.1. The van der Waals surface area contributed by atoms with Crippen LogP contribution in [0.15, 0.2) is 24.3 Å². The summed E-state index contributed by atoms with van der Waals surface area (Å²) in [6.45, 7) is 5.89. The van der Waals surface area contributed by atoms with Crippen LogP contribution >= 0.6 is 22.6 Å². The van der Waals surface area contributed by atoms with Crippen LogP contribution in [0.3, 0.4) is 0 Å². The summed E-state index contributed by atoms with van der Waals surface area (Å²) in [4.78, 5) is 2.54. The first-order chi connectivity index (χ1) is 7.84. The molecule has 0 spiro atoms. The zero-order chi connectivity index (χ0) is 11.2. The first-order valence-corrected chi connectivity index (χ1v) is 7.10. The van der Waals surface area contributed by atoms with Gasteiger partial charge in [-0.2, -0.15) is 0 Å². The molecule has 1 aromatic carbocycles. The molecule has 16 heavy (non-hydrogen) atoms. The molecule has 0 bridgehead atoms. The molecule has 1 N–H and O–H groups in total. The third-order valence-electron chi connectivity index (χ3n) is 3.05. The molecule has 88 valence electrons. The Kier molecular flexibility index (Phi) is 5.06. The molecule has 0 radical (unpaired) electrons. The fourth-order valence-electron chi connectivity index (χ4n) is 2.08. The number of nitrogens with one attached hydrogen (secondary N) is 1. The normalized spacial score (nSPS) is 16.8.